The lowest BCUT2D eigenvalue weighted by Gasteiger charge is -2.09. The van der Waals surface area contributed by atoms with Gasteiger partial charge in [0.05, 0.1) is 0 Å². The van der Waals surface area contributed by atoms with E-state index in [1.807, 2.05) is 24.7 Å². The van der Waals surface area contributed by atoms with Crippen molar-refractivity contribution in [3.63, 3.8) is 0 Å². The largest absolute Gasteiger partial charge is 0.383 e. The van der Waals surface area contributed by atoms with Crippen molar-refractivity contribution < 1.29 is 0 Å². The van der Waals surface area contributed by atoms with Crippen LogP contribution in [-0.4, -0.2) is 19.5 Å². The van der Waals surface area contributed by atoms with Crippen molar-refractivity contribution in [1.29, 1.82) is 0 Å². The quantitative estimate of drug-likeness (QED) is 0.873. The van der Waals surface area contributed by atoms with Crippen molar-refractivity contribution in [2.45, 2.75) is 26.7 Å². The highest BCUT2D eigenvalue weighted by molar-refractivity contribution is 5.61. The molecule has 2 aromatic heterocycles. The zero-order chi connectivity index (χ0) is 12.4. The topological polar surface area (TPSA) is 69.6 Å². The van der Waals surface area contributed by atoms with Crippen molar-refractivity contribution in [3.8, 4) is 11.5 Å². The minimum absolute atomic E-state index is 0.543. The Morgan fingerprint density at radius 1 is 1.35 bits per heavy atom. The third-order valence-corrected chi connectivity index (χ3v) is 2.74. The third-order valence-electron chi connectivity index (χ3n) is 2.74. The number of hydrogen-bond acceptors (Lipinski definition) is 4. The number of nitrogens with zero attached hydrogens (tertiary/aromatic N) is 4. The number of nitrogens with two attached hydrogens (primary N) is 1. The molecule has 0 aromatic carbocycles. The van der Waals surface area contributed by atoms with Gasteiger partial charge in [-0.3, -0.25) is 0 Å². The second-order valence-electron chi connectivity index (χ2n) is 4.11. The fraction of sp³-hybridized carbons (Fsp3) is 0.417. The number of aromatic nitrogens is 4. The lowest BCUT2D eigenvalue weighted by atomic mass is 10.2. The van der Waals surface area contributed by atoms with Crippen LogP contribution in [0.1, 0.15) is 24.7 Å². The number of rotatable bonds is 3. The summed E-state index contributed by atoms with van der Waals surface area (Å²) in [7, 11) is 1.94. The molecule has 2 rings (SSSR count). The van der Waals surface area contributed by atoms with E-state index in [2.05, 4.69) is 21.9 Å². The molecule has 5 heteroatoms. The van der Waals surface area contributed by atoms with Gasteiger partial charge in [0.1, 0.15) is 17.3 Å². The maximum Gasteiger partial charge on any atom is 0.158 e. The van der Waals surface area contributed by atoms with Crippen LogP contribution in [-0.2, 0) is 13.5 Å². The summed E-state index contributed by atoms with van der Waals surface area (Å²) in [5, 5.41) is 0. The zero-order valence-electron chi connectivity index (χ0n) is 10.4. The van der Waals surface area contributed by atoms with Gasteiger partial charge in [-0.25, -0.2) is 15.0 Å². The van der Waals surface area contributed by atoms with E-state index < -0.39 is 0 Å². The molecule has 2 heterocycles. The molecule has 0 radical (unpaired) electrons. The summed E-state index contributed by atoms with van der Waals surface area (Å²) >= 11 is 0. The van der Waals surface area contributed by atoms with Gasteiger partial charge in [-0.2, -0.15) is 0 Å². The Labute approximate surface area is 101 Å². The van der Waals surface area contributed by atoms with E-state index in [1.54, 1.807) is 6.20 Å². The van der Waals surface area contributed by atoms with E-state index in [-0.39, 0.29) is 0 Å². The van der Waals surface area contributed by atoms with E-state index >= 15 is 0 Å². The summed E-state index contributed by atoms with van der Waals surface area (Å²) in [4.78, 5) is 13.2. The van der Waals surface area contributed by atoms with Gasteiger partial charge in [0.15, 0.2) is 5.82 Å². The Hall–Kier alpha value is -1.91. The van der Waals surface area contributed by atoms with Gasteiger partial charge in [-0.05, 0) is 13.3 Å². The van der Waals surface area contributed by atoms with E-state index in [0.717, 1.165) is 35.7 Å². The zero-order valence-corrected chi connectivity index (χ0v) is 10.4. The Morgan fingerprint density at radius 2 is 2.12 bits per heavy atom. The van der Waals surface area contributed by atoms with Crippen molar-refractivity contribution >= 4 is 5.82 Å². The predicted octanol–water partition coefficient (Wildman–Crippen LogP) is 1.72. The van der Waals surface area contributed by atoms with Gasteiger partial charge >= 0.3 is 0 Å². The van der Waals surface area contributed by atoms with Crippen LogP contribution >= 0.6 is 0 Å². The molecule has 0 saturated heterocycles. The number of hydrogen-bond donors (Lipinski definition) is 1. The van der Waals surface area contributed by atoms with Crippen LogP contribution in [0.2, 0.25) is 0 Å². The first kappa shape index (κ1) is 11.6. The van der Waals surface area contributed by atoms with Gasteiger partial charge in [0.25, 0.3) is 0 Å². The summed E-state index contributed by atoms with van der Waals surface area (Å²) in [6.07, 6.45) is 5.49. The summed E-state index contributed by atoms with van der Waals surface area (Å²) in [6, 6.07) is 0. The van der Waals surface area contributed by atoms with Crippen LogP contribution in [0.25, 0.3) is 11.5 Å². The number of imidazole rings is 1. The minimum Gasteiger partial charge on any atom is -0.383 e. The highest BCUT2D eigenvalue weighted by Gasteiger charge is 2.13. The average Bonchev–Trinajstić information content (AvgIpc) is 2.70. The molecular formula is C12H17N5. The summed E-state index contributed by atoms with van der Waals surface area (Å²) in [5.41, 5.74) is 7.64. The van der Waals surface area contributed by atoms with E-state index in [0.29, 0.717) is 5.82 Å². The molecule has 5 nitrogen and oxygen atoms in total. The van der Waals surface area contributed by atoms with Gasteiger partial charge in [0, 0.05) is 31.4 Å². The Kier molecular flexibility index (Phi) is 3.08. The molecule has 0 unspecified atom stereocenters. The Bertz CT molecular complexity index is 530. The third kappa shape index (κ3) is 2.13. The van der Waals surface area contributed by atoms with Crippen LogP contribution in [0.3, 0.4) is 0 Å². The van der Waals surface area contributed by atoms with Crippen molar-refractivity contribution in [1.82, 2.24) is 19.5 Å². The second-order valence-corrected chi connectivity index (χ2v) is 4.11. The molecule has 0 fully saturated rings. The van der Waals surface area contributed by atoms with E-state index in [4.69, 9.17) is 5.73 Å². The summed E-state index contributed by atoms with van der Waals surface area (Å²) in [5.74, 6) is 2.16. The highest BCUT2D eigenvalue weighted by Crippen LogP contribution is 2.22. The van der Waals surface area contributed by atoms with Gasteiger partial charge in [-0.1, -0.05) is 6.92 Å². The highest BCUT2D eigenvalue weighted by atomic mass is 15.1. The molecule has 0 spiro atoms. The molecule has 0 amide bonds. The molecule has 90 valence electrons. The molecule has 17 heavy (non-hydrogen) atoms. The van der Waals surface area contributed by atoms with Crippen LogP contribution in [0, 0.1) is 6.92 Å². The first-order valence-electron chi connectivity index (χ1n) is 5.74. The van der Waals surface area contributed by atoms with Crippen molar-refractivity contribution in [3.05, 3.63) is 23.8 Å². The van der Waals surface area contributed by atoms with Crippen LogP contribution in [0.4, 0.5) is 5.82 Å². The standard InChI is InChI=1S/C12H17N5/c1-4-5-9-15-10(8(2)11(13)16-9)12-14-6-7-17(12)3/h6-7H,4-5H2,1-3H3,(H2,13,15,16). The first-order chi connectivity index (χ1) is 8.13. The SMILES string of the molecule is CCCc1nc(N)c(C)c(-c2nccn2C)n1. The maximum atomic E-state index is 5.92. The monoisotopic (exact) mass is 231 g/mol. The summed E-state index contributed by atoms with van der Waals surface area (Å²) < 4.78 is 1.94. The molecule has 2 N–H and O–H groups in total. The molecule has 0 saturated carbocycles. The fourth-order valence-corrected chi connectivity index (χ4v) is 1.73. The molecule has 0 bridgehead atoms. The van der Waals surface area contributed by atoms with E-state index in [1.165, 1.54) is 0 Å². The molecule has 0 aliphatic carbocycles. The normalized spacial score (nSPS) is 10.8. The molecule has 0 atom stereocenters. The van der Waals surface area contributed by atoms with Gasteiger partial charge in [-0.15, -0.1) is 0 Å². The minimum atomic E-state index is 0.543. The number of anilines is 1. The Morgan fingerprint density at radius 3 is 2.71 bits per heavy atom. The van der Waals surface area contributed by atoms with Crippen molar-refractivity contribution in [2.75, 3.05) is 5.73 Å². The molecule has 0 aliphatic heterocycles. The second kappa shape index (κ2) is 4.53. The lowest BCUT2D eigenvalue weighted by molar-refractivity contribution is 0.828. The van der Waals surface area contributed by atoms with Crippen molar-refractivity contribution in [2.24, 2.45) is 7.05 Å². The van der Waals surface area contributed by atoms with E-state index in [9.17, 15) is 0 Å². The average molecular weight is 231 g/mol. The van der Waals surface area contributed by atoms with Gasteiger partial charge in [0.2, 0.25) is 0 Å². The predicted molar refractivity (Wildman–Crippen MR) is 67.4 cm³/mol. The Balaban J connectivity index is 2.56. The van der Waals surface area contributed by atoms with Crippen LogP contribution in [0.15, 0.2) is 12.4 Å². The fourth-order valence-electron chi connectivity index (χ4n) is 1.73. The van der Waals surface area contributed by atoms with Gasteiger partial charge < -0.3 is 10.3 Å². The summed E-state index contributed by atoms with van der Waals surface area (Å²) in [6.45, 7) is 4.02. The smallest absolute Gasteiger partial charge is 0.158 e. The molecule has 2 aromatic rings. The maximum absolute atomic E-state index is 5.92. The molecular weight excluding hydrogens is 214 g/mol. The van der Waals surface area contributed by atoms with Crippen LogP contribution in [0.5, 0.6) is 0 Å². The first-order valence-corrected chi connectivity index (χ1v) is 5.74. The van der Waals surface area contributed by atoms with Crippen LogP contribution < -0.4 is 5.73 Å². The number of aryl methyl sites for hydroxylation is 2. The number of nitrogen functional groups attached to an aromatic ring is 1. The lowest BCUT2D eigenvalue weighted by Crippen LogP contribution is -2.06. The molecule has 0 aliphatic rings.